The van der Waals surface area contributed by atoms with Crippen molar-refractivity contribution < 1.29 is 4.79 Å². The number of hydrogen-bond acceptors (Lipinski definition) is 4. The number of nitrogens with zero attached hydrogens (tertiary/aromatic N) is 2. The van der Waals surface area contributed by atoms with Gasteiger partial charge >= 0.3 is 0 Å². The molecule has 0 unspecified atom stereocenters. The van der Waals surface area contributed by atoms with Gasteiger partial charge in [-0.05, 0) is 50.2 Å². The lowest BCUT2D eigenvalue weighted by atomic mass is 10.2. The van der Waals surface area contributed by atoms with Crippen LogP contribution in [0, 0.1) is 0 Å². The number of aromatic nitrogens is 1. The number of amides is 1. The highest BCUT2D eigenvalue weighted by Crippen LogP contribution is 2.18. The van der Waals surface area contributed by atoms with Gasteiger partial charge in [-0.25, -0.2) is 4.98 Å². The zero-order chi connectivity index (χ0) is 17.4. The van der Waals surface area contributed by atoms with Crippen LogP contribution in [0.25, 0.3) is 0 Å². The number of benzene rings is 1. The van der Waals surface area contributed by atoms with Gasteiger partial charge in [0.2, 0.25) is 0 Å². The van der Waals surface area contributed by atoms with Gasteiger partial charge in [-0.3, -0.25) is 4.79 Å². The fraction of sp³-hybridized carbons (Fsp3) is 0.263. The van der Waals surface area contributed by atoms with Crippen molar-refractivity contribution in [3.8, 4) is 0 Å². The molecule has 1 aromatic carbocycles. The molecule has 0 atom stereocenters. The lowest BCUT2D eigenvalue weighted by Crippen LogP contribution is -2.21. The number of anilines is 3. The van der Waals surface area contributed by atoms with Gasteiger partial charge in [-0.15, -0.1) is 6.58 Å². The monoisotopic (exact) mass is 324 g/mol. The van der Waals surface area contributed by atoms with Crippen LogP contribution in [-0.4, -0.2) is 30.5 Å². The second-order valence-electron chi connectivity index (χ2n) is 5.27. The fourth-order valence-corrected chi connectivity index (χ4v) is 2.36. The van der Waals surface area contributed by atoms with Crippen LogP contribution in [0.4, 0.5) is 17.1 Å². The van der Waals surface area contributed by atoms with Gasteiger partial charge in [-0.1, -0.05) is 6.08 Å². The van der Waals surface area contributed by atoms with Gasteiger partial charge in [0.1, 0.15) is 5.69 Å². The molecule has 5 heteroatoms. The largest absolute Gasteiger partial charge is 0.380 e. The number of carbonyl (C=O) groups is 1. The second kappa shape index (κ2) is 8.72. The summed E-state index contributed by atoms with van der Waals surface area (Å²) in [6.07, 6.45) is 3.41. The summed E-state index contributed by atoms with van der Waals surface area (Å²) in [6, 6.07) is 11.4. The Morgan fingerprint density at radius 2 is 1.79 bits per heavy atom. The zero-order valence-electron chi connectivity index (χ0n) is 14.2. The summed E-state index contributed by atoms with van der Waals surface area (Å²) in [5.41, 5.74) is 3.14. The molecule has 2 rings (SSSR count). The van der Waals surface area contributed by atoms with E-state index in [4.69, 9.17) is 0 Å². The molecule has 1 heterocycles. The normalized spacial score (nSPS) is 10.1. The van der Waals surface area contributed by atoms with Crippen LogP contribution in [-0.2, 0) is 0 Å². The molecule has 2 aromatic rings. The van der Waals surface area contributed by atoms with Crippen LogP contribution < -0.4 is 15.5 Å². The molecule has 0 radical (unpaired) electrons. The number of carbonyl (C=O) groups excluding carboxylic acids is 1. The maximum absolute atomic E-state index is 12.2. The Labute approximate surface area is 143 Å². The average molecular weight is 324 g/mol. The summed E-state index contributed by atoms with van der Waals surface area (Å²) in [4.78, 5) is 18.7. The van der Waals surface area contributed by atoms with Crippen LogP contribution >= 0.6 is 0 Å². The second-order valence-corrected chi connectivity index (χ2v) is 5.27. The molecule has 2 N–H and O–H groups in total. The molecular weight excluding hydrogens is 300 g/mol. The van der Waals surface area contributed by atoms with Crippen LogP contribution in [0.3, 0.4) is 0 Å². The minimum absolute atomic E-state index is 0.221. The highest BCUT2D eigenvalue weighted by Gasteiger charge is 2.08. The molecular formula is C19H24N4O. The van der Waals surface area contributed by atoms with Crippen molar-refractivity contribution in [3.05, 3.63) is 60.9 Å². The quantitative estimate of drug-likeness (QED) is 0.726. The molecule has 24 heavy (non-hydrogen) atoms. The van der Waals surface area contributed by atoms with Crippen LogP contribution in [0.5, 0.6) is 0 Å². The first kappa shape index (κ1) is 17.5. The molecule has 0 aliphatic rings. The summed E-state index contributed by atoms with van der Waals surface area (Å²) >= 11 is 0. The Balaban J connectivity index is 2.00. The Morgan fingerprint density at radius 1 is 1.12 bits per heavy atom. The first-order chi connectivity index (χ1) is 11.7. The van der Waals surface area contributed by atoms with E-state index in [9.17, 15) is 4.79 Å². The predicted octanol–water partition coefficient (Wildman–Crippen LogP) is 3.78. The molecule has 0 fully saturated rings. The van der Waals surface area contributed by atoms with Crippen molar-refractivity contribution >= 4 is 23.0 Å². The van der Waals surface area contributed by atoms with Gasteiger partial charge in [0.25, 0.3) is 5.91 Å². The number of hydrogen-bond donors (Lipinski definition) is 2. The summed E-state index contributed by atoms with van der Waals surface area (Å²) in [5, 5.41) is 5.99. The van der Waals surface area contributed by atoms with Crippen molar-refractivity contribution in [1.29, 1.82) is 0 Å². The zero-order valence-corrected chi connectivity index (χ0v) is 14.2. The molecule has 0 saturated heterocycles. The summed E-state index contributed by atoms with van der Waals surface area (Å²) in [6.45, 7) is 10.5. The van der Waals surface area contributed by atoms with Gasteiger partial charge in [-0.2, -0.15) is 0 Å². The van der Waals surface area contributed by atoms with Crippen LogP contribution in [0.2, 0.25) is 0 Å². The molecule has 0 spiro atoms. The van der Waals surface area contributed by atoms with E-state index in [2.05, 4.69) is 40.9 Å². The van der Waals surface area contributed by atoms with E-state index in [0.29, 0.717) is 12.2 Å². The van der Waals surface area contributed by atoms with Crippen molar-refractivity contribution in [1.82, 2.24) is 4.98 Å². The third-order valence-electron chi connectivity index (χ3n) is 3.70. The van der Waals surface area contributed by atoms with Crippen molar-refractivity contribution in [3.63, 3.8) is 0 Å². The summed E-state index contributed by atoms with van der Waals surface area (Å²) < 4.78 is 0. The summed E-state index contributed by atoms with van der Waals surface area (Å²) in [7, 11) is 0. The number of pyridine rings is 1. The fourth-order valence-electron chi connectivity index (χ4n) is 2.36. The third kappa shape index (κ3) is 4.59. The molecule has 1 aromatic heterocycles. The standard InChI is InChI=1S/C19H24N4O/c1-4-13-20-16-9-12-18(21-14-16)19(24)22-15-7-10-17(11-8-15)23(5-2)6-3/h4,7-12,14,20H,1,5-6,13H2,2-3H3,(H,22,24). The molecule has 0 bridgehead atoms. The van der Waals surface area contributed by atoms with Crippen molar-refractivity contribution in [2.24, 2.45) is 0 Å². The van der Waals surface area contributed by atoms with E-state index < -0.39 is 0 Å². The average Bonchev–Trinajstić information content (AvgIpc) is 2.62. The van der Waals surface area contributed by atoms with Crippen molar-refractivity contribution in [2.45, 2.75) is 13.8 Å². The van der Waals surface area contributed by atoms with Crippen LogP contribution in [0.15, 0.2) is 55.3 Å². The SMILES string of the molecule is C=CCNc1ccc(C(=O)Nc2ccc(N(CC)CC)cc2)nc1. The van der Waals surface area contributed by atoms with E-state index in [1.165, 1.54) is 0 Å². The molecule has 0 aliphatic carbocycles. The molecule has 0 saturated carbocycles. The summed E-state index contributed by atoms with van der Waals surface area (Å²) in [5.74, 6) is -0.221. The smallest absolute Gasteiger partial charge is 0.274 e. The van der Waals surface area contributed by atoms with Gasteiger partial charge in [0, 0.05) is 31.0 Å². The number of rotatable bonds is 8. The van der Waals surface area contributed by atoms with Crippen molar-refractivity contribution in [2.75, 3.05) is 35.2 Å². The third-order valence-corrected chi connectivity index (χ3v) is 3.70. The van der Waals surface area contributed by atoms with E-state index in [1.807, 2.05) is 30.3 Å². The minimum Gasteiger partial charge on any atom is -0.380 e. The lowest BCUT2D eigenvalue weighted by Gasteiger charge is -2.21. The first-order valence-corrected chi connectivity index (χ1v) is 8.15. The lowest BCUT2D eigenvalue weighted by molar-refractivity contribution is 0.102. The predicted molar refractivity (Wildman–Crippen MR) is 101 cm³/mol. The van der Waals surface area contributed by atoms with Gasteiger partial charge in [0.05, 0.1) is 11.9 Å². The Hall–Kier alpha value is -2.82. The highest BCUT2D eigenvalue weighted by molar-refractivity contribution is 6.03. The minimum atomic E-state index is -0.221. The highest BCUT2D eigenvalue weighted by atomic mass is 16.1. The molecule has 5 nitrogen and oxygen atoms in total. The first-order valence-electron chi connectivity index (χ1n) is 8.15. The Morgan fingerprint density at radius 3 is 2.33 bits per heavy atom. The van der Waals surface area contributed by atoms with E-state index in [1.54, 1.807) is 18.3 Å². The molecule has 0 aliphatic heterocycles. The topological polar surface area (TPSA) is 57.3 Å². The Bertz CT molecular complexity index is 661. The van der Waals surface area contributed by atoms with E-state index in [-0.39, 0.29) is 5.91 Å². The van der Waals surface area contributed by atoms with E-state index >= 15 is 0 Å². The van der Waals surface area contributed by atoms with Gasteiger partial charge < -0.3 is 15.5 Å². The van der Waals surface area contributed by atoms with E-state index in [0.717, 1.165) is 30.2 Å². The maximum Gasteiger partial charge on any atom is 0.274 e. The Kier molecular flexibility index (Phi) is 6.37. The molecule has 126 valence electrons. The van der Waals surface area contributed by atoms with Crippen LogP contribution in [0.1, 0.15) is 24.3 Å². The van der Waals surface area contributed by atoms with Gasteiger partial charge in [0.15, 0.2) is 0 Å². The number of nitrogens with one attached hydrogen (secondary N) is 2. The molecule has 1 amide bonds. The maximum atomic E-state index is 12.2.